The molecule has 1 atom stereocenters. The minimum atomic E-state index is -0.0734. The highest BCUT2D eigenvalue weighted by atomic mass is 16.2. The summed E-state index contributed by atoms with van der Waals surface area (Å²) in [7, 11) is 0. The van der Waals surface area contributed by atoms with E-state index in [2.05, 4.69) is 41.2 Å². The number of benzene rings is 1. The van der Waals surface area contributed by atoms with Gasteiger partial charge in [-0.15, -0.1) is 0 Å². The maximum Gasteiger partial charge on any atom is 0.273 e. The lowest BCUT2D eigenvalue weighted by molar-refractivity contribution is 0.0599. The molecule has 2 saturated heterocycles. The first kappa shape index (κ1) is 21.8. The van der Waals surface area contributed by atoms with Crippen molar-refractivity contribution in [2.24, 2.45) is 0 Å². The van der Waals surface area contributed by atoms with Crippen molar-refractivity contribution in [1.82, 2.24) is 24.5 Å². The van der Waals surface area contributed by atoms with Crippen LogP contribution in [-0.2, 0) is 0 Å². The van der Waals surface area contributed by atoms with E-state index in [9.17, 15) is 4.79 Å². The Labute approximate surface area is 205 Å². The number of rotatable bonds is 4. The molecule has 35 heavy (non-hydrogen) atoms. The topological polar surface area (TPSA) is 66.6 Å². The van der Waals surface area contributed by atoms with Crippen LogP contribution in [-0.4, -0.2) is 50.0 Å². The van der Waals surface area contributed by atoms with Crippen LogP contribution in [0, 0.1) is 6.92 Å². The first-order valence-electron chi connectivity index (χ1n) is 12.6. The van der Waals surface area contributed by atoms with Gasteiger partial charge < -0.3 is 9.80 Å². The summed E-state index contributed by atoms with van der Waals surface area (Å²) in [6, 6.07) is 15.9. The van der Waals surface area contributed by atoms with Crippen LogP contribution in [0.1, 0.15) is 59.9 Å². The number of anilines is 1. The number of aromatic nitrogens is 4. The molecule has 0 radical (unpaired) electrons. The molecule has 0 N–H and O–H groups in total. The van der Waals surface area contributed by atoms with Crippen LogP contribution in [0.4, 0.5) is 5.82 Å². The molecule has 1 amide bonds. The minimum Gasteiger partial charge on any atom is -0.356 e. The molecule has 6 rings (SSSR count). The summed E-state index contributed by atoms with van der Waals surface area (Å²) in [5, 5.41) is 4.88. The normalized spacial score (nSPS) is 18.4. The number of pyridine rings is 1. The predicted molar refractivity (Wildman–Crippen MR) is 136 cm³/mol. The molecular formula is C28H30N6O. The number of carbonyl (C=O) groups is 1. The number of fused-ring (bicyclic) bond motifs is 1. The van der Waals surface area contributed by atoms with Gasteiger partial charge in [0.05, 0.1) is 11.7 Å². The number of hydrogen-bond acceptors (Lipinski definition) is 5. The highest BCUT2D eigenvalue weighted by molar-refractivity contribution is 5.94. The van der Waals surface area contributed by atoms with Gasteiger partial charge in [-0.3, -0.25) is 9.78 Å². The lowest BCUT2D eigenvalue weighted by Gasteiger charge is -2.34. The van der Waals surface area contributed by atoms with Crippen molar-refractivity contribution in [2.75, 3.05) is 24.5 Å². The van der Waals surface area contributed by atoms with E-state index >= 15 is 0 Å². The van der Waals surface area contributed by atoms with Gasteiger partial charge in [0, 0.05) is 43.7 Å². The van der Waals surface area contributed by atoms with Crippen LogP contribution in [0.2, 0.25) is 0 Å². The third-order valence-corrected chi connectivity index (χ3v) is 7.22. The zero-order valence-electron chi connectivity index (χ0n) is 20.1. The Hall–Kier alpha value is -3.74. The van der Waals surface area contributed by atoms with E-state index in [1.54, 1.807) is 6.20 Å². The van der Waals surface area contributed by atoms with E-state index in [1.807, 2.05) is 39.7 Å². The number of carbonyl (C=O) groups excluding carboxylic acids is 1. The summed E-state index contributed by atoms with van der Waals surface area (Å²) < 4.78 is 1.87. The van der Waals surface area contributed by atoms with E-state index in [0.29, 0.717) is 12.2 Å². The van der Waals surface area contributed by atoms with Crippen molar-refractivity contribution in [3.8, 4) is 11.1 Å². The van der Waals surface area contributed by atoms with Gasteiger partial charge >= 0.3 is 0 Å². The van der Waals surface area contributed by atoms with Gasteiger partial charge in [0.1, 0.15) is 11.5 Å². The van der Waals surface area contributed by atoms with E-state index in [1.165, 1.54) is 12.8 Å². The Morgan fingerprint density at radius 2 is 1.74 bits per heavy atom. The summed E-state index contributed by atoms with van der Waals surface area (Å²) in [5.41, 5.74) is 5.44. The number of aryl methyl sites for hydroxylation is 1. The Kier molecular flexibility index (Phi) is 5.68. The molecule has 4 aromatic rings. The molecule has 7 heteroatoms. The van der Waals surface area contributed by atoms with Crippen molar-refractivity contribution in [1.29, 1.82) is 0 Å². The number of amides is 1. The average molecular weight is 467 g/mol. The second-order valence-electron chi connectivity index (χ2n) is 9.62. The molecule has 2 aliphatic rings. The minimum absolute atomic E-state index is 0.0357. The second-order valence-corrected chi connectivity index (χ2v) is 9.62. The van der Waals surface area contributed by atoms with Gasteiger partial charge in [0.15, 0.2) is 5.65 Å². The standard InChI is InChI=1S/C28H30N6O/c1-20-19-34-26(30-27(20)32-14-7-8-15-32)18-23(31-34)25-11-5-6-16-33(25)28(35)24-17-22(12-13-29-24)21-9-3-2-4-10-21/h2-4,9-10,12-13,17-19,25H,5-8,11,14-16H2,1H3. The fourth-order valence-corrected chi connectivity index (χ4v) is 5.42. The fraction of sp³-hybridized carbons (Fsp3) is 0.357. The molecule has 1 aromatic carbocycles. The molecular weight excluding hydrogens is 436 g/mol. The van der Waals surface area contributed by atoms with Crippen molar-refractivity contribution in [2.45, 2.75) is 45.1 Å². The largest absolute Gasteiger partial charge is 0.356 e. The molecule has 3 aromatic heterocycles. The van der Waals surface area contributed by atoms with Gasteiger partial charge in [-0.25, -0.2) is 9.50 Å². The van der Waals surface area contributed by atoms with Crippen molar-refractivity contribution in [3.63, 3.8) is 0 Å². The lowest BCUT2D eigenvalue weighted by atomic mass is 9.98. The molecule has 0 saturated carbocycles. The van der Waals surface area contributed by atoms with E-state index in [4.69, 9.17) is 10.1 Å². The van der Waals surface area contributed by atoms with Gasteiger partial charge in [-0.2, -0.15) is 5.10 Å². The molecule has 2 fully saturated rings. The average Bonchev–Trinajstić information content (AvgIpc) is 3.58. The second kappa shape index (κ2) is 9.13. The van der Waals surface area contributed by atoms with E-state index in [0.717, 1.165) is 66.2 Å². The summed E-state index contributed by atoms with van der Waals surface area (Å²) >= 11 is 0. The molecule has 0 bridgehead atoms. The van der Waals surface area contributed by atoms with Crippen LogP contribution in [0.3, 0.4) is 0 Å². The van der Waals surface area contributed by atoms with Gasteiger partial charge in [-0.1, -0.05) is 30.3 Å². The molecule has 7 nitrogen and oxygen atoms in total. The highest BCUT2D eigenvalue weighted by Crippen LogP contribution is 2.33. The lowest BCUT2D eigenvalue weighted by Crippen LogP contribution is -2.39. The highest BCUT2D eigenvalue weighted by Gasteiger charge is 2.31. The van der Waals surface area contributed by atoms with Crippen LogP contribution in [0.25, 0.3) is 16.8 Å². The van der Waals surface area contributed by atoms with Crippen LogP contribution >= 0.6 is 0 Å². The molecule has 0 aliphatic carbocycles. The quantitative estimate of drug-likeness (QED) is 0.420. The molecule has 2 aliphatic heterocycles. The molecule has 0 spiro atoms. The fourth-order valence-electron chi connectivity index (χ4n) is 5.42. The maximum absolute atomic E-state index is 13.7. The van der Waals surface area contributed by atoms with E-state index < -0.39 is 0 Å². The molecule has 1 unspecified atom stereocenters. The first-order valence-corrected chi connectivity index (χ1v) is 12.6. The Balaban J connectivity index is 1.31. The third kappa shape index (κ3) is 4.16. The Morgan fingerprint density at radius 1 is 0.943 bits per heavy atom. The SMILES string of the molecule is Cc1cn2nc(C3CCCCN3C(=O)c3cc(-c4ccccc4)ccn3)cc2nc1N1CCCC1. The molecule has 5 heterocycles. The predicted octanol–water partition coefficient (Wildman–Crippen LogP) is 5.07. The maximum atomic E-state index is 13.7. The number of piperidine rings is 1. The zero-order valence-corrected chi connectivity index (χ0v) is 20.1. The number of likely N-dealkylation sites (tertiary alicyclic amines) is 1. The Bertz CT molecular complexity index is 1360. The van der Waals surface area contributed by atoms with Gasteiger partial charge in [0.25, 0.3) is 5.91 Å². The smallest absolute Gasteiger partial charge is 0.273 e. The van der Waals surface area contributed by atoms with Crippen molar-refractivity contribution < 1.29 is 4.79 Å². The first-order chi connectivity index (χ1) is 17.2. The Morgan fingerprint density at radius 3 is 2.57 bits per heavy atom. The van der Waals surface area contributed by atoms with Crippen LogP contribution < -0.4 is 4.90 Å². The van der Waals surface area contributed by atoms with Crippen molar-refractivity contribution >= 4 is 17.4 Å². The van der Waals surface area contributed by atoms with E-state index in [-0.39, 0.29) is 11.9 Å². The molecule has 178 valence electrons. The third-order valence-electron chi connectivity index (χ3n) is 7.22. The van der Waals surface area contributed by atoms with Crippen LogP contribution in [0.15, 0.2) is 60.9 Å². The van der Waals surface area contributed by atoms with Crippen LogP contribution in [0.5, 0.6) is 0 Å². The summed E-state index contributed by atoms with van der Waals surface area (Å²) in [6.45, 7) is 4.93. The zero-order chi connectivity index (χ0) is 23.8. The van der Waals surface area contributed by atoms with Gasteiger partial charge in [-0.05, 0) is 62.3 Å². The van der Waals surface area contributed by atoms with Gasteiger partial charge in [0.2, 0.25) is 0 Å². The number of hydrogen-bond donors (Lipinski definition) is 0. The summed E-state index contributed by atoms with van der Waals surface area (Å²) in [4.78, 5) is 27.4. The monoisotopic (exact) mass is 466 g/mol. The summed E-state index contributed by atoms with van der Waals surface area (Å²) in [6.07, 6.45) is 9.19. The van der Waals surface area contributed by atoms with Crippen molar-refractivity contribution in [3.05, 3.63) is 77.9 Å². The number of nitrogens with zero attached hydrogens (tertiary/aromatic N) is 6. The summed E-state index contributed by atoms with van der Waals surface area (Å²) in [5.74, 6) is 1.02.